The monoisotopic (exact) mass is 365 g/mol. The van der Waals surface area contributed by atoms with Crippen LogP contribution in [0.1, 0.15) is 29.1 Å². The van der Waals surface area contributed by atoms with Crippen molar-refractivity contribution in [1.82, 2.24) is 14.8 Å². The lowest BCUT2D eigenvalue weighted by molar-refractivity contribution is -0.133. The zero-order valence-corrected chi connectivity index (χ0v) is 16.0. The first kappa shape index (κ1) is 17.2. The Morgan fingerprint density at radius 1 is 1.19 bits per heavy atom. The first-order chi connectivity index (χ1) is 12.6. The standard InChI is InChI=1S/C21H23N3OS/c1-15(21-22-18-9-5-6-10-19(18)26-21)23(2)20(25)14-24-12-11-16-7-3-4-8-17(16)13-24/h3-10,15H,11-14H2,1-2H3/t15-/m1/s1. The Balaban J connectivity index is 1.43. The molecule has 0 bridgehead atoms. The van der Waals surface area contributed by atoms with E-state index in [-0.39, 0.29) is 11.9 Å². The number of fused-ring (bicyclic) bond motifs is 2. The van der Waals surface area contributed by atoms with E-state index in [1.807, 2.05) is 30.1 Å². The van der Waals surface area contributed by atoms with E-state index in [2.05, 4.69) is 42.2 Å². The summed E-state index contributed by atoms with van der Waals surface area (Å²) < 4.78 is 1.17. The highest BCUT2D eigenvalue weighted by atomic mass is 32.1. The maximum atomic E-state index is 12.8. The second-order valence-electron chi connectivity index (χ2n) is 6.93. The second kappa shape index (κ2) is 7.17. The van der Waals surface area contributed by atoms with Crippen LogP contribution < -0.4 is 0 Å². The molecule has 0 spiro atoms. The summed E-state index contributed by atoms with van der Waals surface area (Å²) in [6.45, 7) is 4.30. The van der Waals surface area contributed by atoms with Crippen LogP contribution in [0, 0.1) is 0 Å². The van der Waals surface area contributed by atoms with Crippen LogP contribution in [0.15, 0.2) is 48.5 Å². The van der Waals surface area contributed by atoms with Gasteiger partial charge in [0.1, 0.15) is 5.01 Å². The van der Waals surface area contributed by atoms with Gasteiger partial charge in [-0.3, -0.25) is 9.69 Å². The zero-order valence-electron chi connectivity index (χ0n) is 15.2. The van der Waals surface area contributed by atoms with Crippen LogP contribution in [-0.2, 0) is 17.8 Å². The predicted octanol–water partition coefficient (Wildman–Crippen LogP) is 3.87. The van der Waals surface area contributed by atoms with Gasteiger partial charge in [-0.1, -0.05) is 36.4 Å². The summed E-state index contributed by atoms with van der Waals surface area (Å²) in [6, 6.07) is 16.6. The molecule has 0 saturated carbocycles. The Morgan fingerprint density at radius 3 is 2.73 bits per heavy atom. The molecule has 1 amide bonds. The number of nitrogens with zero attached hydrogens (tertiary/aromatic N) is 3. The van der Waals surface area contributed by atoms with E-state index in [9.17, 15) is 4.79 Å². The third-order valence-electron chi connectivity index (χ3n) is 5.21. The van der Waals surface area contributed by atoms with E-state index in [1.165, 1.54) is 15.8 Å². The fourth-order valence-electron chi connectivity index (χ4n) is 3.44. The molecule has 134 valence electrons. The van der Waals surface area contributed by atoms with Gasteiger partial charge in [0.25, 0.3) is 0 Å². The zero-order chi connectivity index (χ0) is 18.1. The Labute approximate surface area is 158 Å². The quantitative estimate of drug-likeness (QED) is 0.704. The molecule has 2 heterocycles. The van der Waals surface area contributed by atoms with Gasteiger partial charge in [0.05, 0.1) is 22.8 Å². The molecule has 26 heavy (non-hydrogen) atoms. The molecule has 0 radical (unpaired) electrons. The molecule has 0 N–H and O–H groups in total. The summed E-state index contributed by atoms with van der Waals surface area (Å²) in [5.41, 5.74) is 3.76. The summed E-state index contributed by atoms with van der Waals surface area (Å²) in [4.78, 5) is 21.6. The van der Waals surface area contributed by atoms with Gasteiger partial charge in [-0.2, -0.15) is 0 Å². The minimum Gasteiger partial charge on any atom is -0.335 e. The van der Waals surface area contributed by atoms with E-state index < -0.39 is 0 Å². The van der Waals surface area contributed by atoms with E-state index >= 15 is 0 Å². The van der Waals surface area contributed by atoms with Crippen molar-refractivity contribution in [1.29, 1.82) is 0 Å². The van der Waals surface area contributed by atoms with Crippen molar-refractivity contribution in [2.45, 2.75) is 25.9 Å². The molecule has 5 heteroatoms. The highest BCUT2D eigenvalue weighted by molar-refractivity contribution is 7.18. The average molecular weight is 366 g/mol. The molecule has 3 aromatic rings. The molecule has 0 unspecified atom stereocenters. The van der Waals surface area contributed by atoms with Gasteiger partial charge in [0.15, 0.2) is 0 Å². The van der Waals surface area contributed by atoms with Crippen LogP contribution in [0.2, 0.25) is 0 Å². The van der Waals surface area contributed by atoms with Crippen LogP contribution in [0.25, 0.3) is 10.2 Å². The number of thiazole rings is 1. The third kappa shape index (κ3) is 3.37. The number of rotatable bonds is 4. The number of para-hydroxylation sites is 1. The number of amides is 1. The Hall–Kier alpha value is -2.24. The molecule has 1 aliphatic rings. The van der Waals surface area contributed by atoms with Crippen LogP contribution in [0.4, 0.5) is 0 Å². The predicted molar refractivity (Wildman–Crippen MR) is 106 cm³/mol. The first-order valence-electron chi connectivity index (χ1n) is 9.02. The van der Waals surface area contributed by atoms with E-state index in [4.69, 9.17) is 4.98 Å². The first-order valence-corrected chi connectivity index (χ1v) is 9.84. The molecule has 0 aliphatic carbocycles. The second-order valence-corrected chi connectivity index (χ2v) is 7.99. The summed E-state index contributed by atoms with van der Waals surface area (Å²) in [5, 5.41) is 0.992. The highest BCUT2D eigenvalue weighted by Crippen LogP contribution is 2.29. The molecular formula is C21H23N3OS. The van der Waals surface area contributed by atoms with E-state index in [0.717, 1.165) is 30.0 Å². The maximum absolute atomic E-state index is 12.8. The van der Waals surface area contributed by atoms with Crippen LogP contribution in [0.3, 0.4) is 0 Å². The Bertz CT molecular complexity index is 903. The molecule has 1 aliphatic heterocycles. The lowest BCUT2D eigenvalue weighted by Gasteiger charge is -2.31. The number of hydrogen-bond acceptors (Lipinski definition) is 4. The number of likely N-dealkylation sites (N-methyl/N-ethyl adjacent to an activating group) is 1. The Kier molecular flexibility index (Phi) is 4.74. The van der Waals surface area contributed by atoms with Crippen molar-refractivity contribution in [3.8, 4) is 0 Å². The van der Waals surface area contributed by atoms with Crippen molar-refractivity contribution in [3.05, 3.63) is 64.7 Å². The van der Waals surface area contributed by atoms with E-state index in [0.29, 0.717) is 6.54 Å². The molecule has 4 rings (SSSR count). The number of carbonyl (C=O) groups is 1. The minimum atomic E-state index is -0.0167. The van der Waals surface area contributed by atoms with Gasteiger partial charge >= 0.3 is 0 Å². The topological polar surface area (TPSA) is 36.4 Å². The molecule has 0 saturated heterocycles. The van der Waals surface area contributed by atoms with Crippen molar-refractivity contribution in [2.24, 2.45) is 0 Å². The van der Waals surface area contributed by atoms with Gasteiger partial charge in [0.2, 0.25) is 5.91 Å². The smallest absolute Gasteiger partial charge is 0.237 e. The van der Waals surface area contributed by atoms with Crippen LogP contribution in [0.5, 0.6) is 0 Å². The van der Waals surface area contributed by atoms with Gasteiger partial charge < -0.3 is 4.90 Å². The number of hydrogen-bond donors (Lipinski definition) is 0. The summed E-state index contributed by atoms with van der Waals surface area (Å²) in [5.74, 6) is 0.149. The van der Waals surface area contributed by atoms with Gasteiger partial charge in [-0.15, -0.1) is 11.3 Å². The Morgan fingerprint density at radius 2 is 1.92 bits per heavy atom. The van der Waals surface area contributed by atoms with Crippen LogP contribution >= 0.6 is 11.3 Å². The SMILES string of the molecule is C[C@H](c1nc2ccccc2s1)N(C)C(=O)CN1CCc2ccccc2C1. The largest absolute Gasteiger partial charge is 0.335 e. The minimum absolute atomic E-state index is 0.0167. The molecule has 1 atom stereocenters. The van der Waals surface area contributed by atoms with Crippen molar-refractivity contribution in [3.63, 3.8) is 0 Å². The summed E-state index contributed by atoms with van der Waals surface area (Å²) >= 11 is 1.67. The van der Waals surface area contributed by atoms with Crippen molar-refractivity contribution in [2.75, 3.05) is 20.1 Å². The molecule has 0 fully saturated rings. The van der Waals surface area contributed by atoms with Gasteiger partial charge in [0, 0.05) is 20.1 Å². The number of benzene rings is 2. The maximum Gasteiger partial charge on any atom is 0.237 e. The lowest BCUT2D eigenvalue weighted by atomic mass is 10.00. The van der Waals surface area contributed by atoms with E-state index in [1.54, 1.807) is 11.3 Å². The highest BCUT2D eigenvalue weighted by Gasteiger charge is 2.24. The molecular weight excluding hydrogens is 342 g/mol. The molecule has 1 aromatic heterocycles. The number of aromatic nitrogens is 1. The number of carbonyl (C=O) groups excluding carboxylic acids is 1. The molecule has 2 aromatic carbocycles. The molecule has 4 nitrogen and oxygen atoms in total. The normalized spacial score (nSPS) is 15.6. The van der Waals surface area contributed by atoms with Gasteiger partial charge in [-0.05, 0) is 36.6 Å². The summed E-state index contributed by atoms with van der Waals surface area (Å²) in [6.07, 6.45) is 1.01. The van der Waals surface area contributed by atoms with Gasteiger partial charge in [-0.25, -0.2) is 4.98 Å². The van der Waals surface area contributed by atoms with Crippen LogP contribution in [-0.4, -0.2) is 40.8 Å². The lowest BCUT2D eigenvalue weighted by Crippen LogP contribution is -2.41. The summed E-state index contributed by atoms with van der Waals surface area (Å²) in [7, 11) is 1.89. The average Bonchev–Trinajstić information content (AvgIpc) is 3.11. The van der Waals surface area contributed by atoms with Crippen molar-refractivity contribution < 1.29 is 4.79 Å². The fraction of sp³-hybridized carbons (Fsp3) is 0.333. The fourth-order valence-corrected chi connectivity index (χ4v) is 4.51. The third-order valence-corrected chi connectivity index (χ3v) is 6.42. The van der Waals surface area contributed by atoms with Crippen molar-refractivity contribution >= 4 is 27.5 Å².